The lowest BCUT2D eigenvalue weighted by molar-refractivity contribution is -0.109. The van der Waals surface area contributed by atoms with Gasteiger partial charge in [0.1, 0.15) is 0 Å². The number of nitrogens with zero attached hydrogens (tertiary/aromatic N) is 1. The number of aromatic hydroxyl groups is 1. The zero-order valence-electron chi connectivity index (χ0n) is 14.1. The van der Waals surface area contributed by atoms with Crippen LogP contribution in [-0.2, 0) is 4.79 Å². The van der Waals surface area contributed by atoms with E-state index in [9.17, 15) is 9.90 Å². The molecule has 2 N–H and O–H groups in total. The van der Waals surface area contributed by atoms with Crippen molar-refractivity contribution < 1.29 is 9.90 Å². The molecule has 4 rings (SSSR count). The summed E-state index contributed by atoms with van der Waals surface area (Å²) in [5, 5.41) is 14.0. The lowest BCUT2D eigenvalue weighted by Gasteiger charge is -2.12. The first-order valence-corrected chi connectivity index (χ1v) is 8.99. The monoisotopic (exact) mass is 360 g/mol. The topological polar surface area (TPSA) is 62.2 Å². The first-order valence-electron chi connectivity index (χ1n) is 8.17. The van der Waals surface area contributed by atoms with Crippen LogP contribution in [0.5, 0.6) is 5.88 Å². The number of thiazole rings is 1. The lowest BCUT2D eigenvalue weighted by atomic mass is 9.91. The van der Waals surface area contributed by atoms with E-state index in [2.05, 4.69) is 10.3 Å². The number of aromatic nitrogens is 1. The van der Waals surface area contributed by atoms with Crippen molar-refractivity contribution in [2.24, 2.45) is 0 Å². The Labute approximate surface area is 155 Å². The van der Waals surface area contributed by atoms with Crippen molar-refractivity contribution in [3.05, 3.63) is 76.2 Å². The maximum Gasteiger partial charge on any atom is 0.231 e. The molecule has 2 aromatic carbocycles. The van der Waals surface area contributed by atoms with E-state index in [1.807, 2.05) is 61.5 Å². The van der Waals surface area contributed by atoms with E-state index in [0.29, 0.717) is 15.6 Å². The molecular weight excluding hydrogens is 344 g/mol. The Kier molecular flexibility index (Phi) is 4.14. The highest BCUT2D eigenvalue weighted by molar-refractivity contribution is 7.16. The molecule has 1 aliphatic carbocycles. The largest absolute Gasteiger partial charge is 0.492 e. The number of hydrogen-bond acceptors (Lipinski definition) is 5. The number of hydrogen-bond donors (Lipinski definition) is 2. The molecule has 5 heteroatoms. The maximum absolute atomic E-state index is 12.3. The molecule has 0 saturated carbocycles. The van der Waals surface area contributed by atoms with Crippen molar-refractivity contribution in [1.82, 2.24) is 4.98 Å². The Bertz CT molecular complexity index is 1060. The predicted octanol–water partition coefficient (Wildman–Crippen LogP) is 5.04. The number of benzene rings is 2. The predicted molar refractivity (Wildman–Crippen MR) is 107 cm³/mol. The summed E-state index contributed by atoms with van der Waals surface area (Å²) in [5.41, 5.74) is 4.44. The van der Waals surface area contributed by atoms with Crippen LogP contribution in [-0.4, -0.2) is 15.9 Å². The summed E-state index contributed by atoms with van der Waals surface area (Å²) >= 11 is 1.31. The second-order valence-corrected chi connectivity index (χ2v) is 7.07. The van der Waals surface area contributed by atoms with Crippen LogP contribution in [0.3, 0.4) is 0 Å². The van der Waals surface area contributed by atoms with Crippen LogP contribution in [0.1, 0.15) is 21.6 Å². The molecule has 0 atom stereocenters. The SMILES string of the molecule is Cc1cccc(Nc2nc(O)c(/C=C3\C(=O)C=Cc4ccccc43)s2)c1. The summed E-state index contributed by atoms with van der Waals surface area (Å²) in [4.78, 5) is 17.1. The Morgan fingerprint density at radius 3 is 2.81 bits per heavy atom. The highest BCUT2D eigenvalue weighted by Gasteiger charge is 2.18. The van der Waals surface area contributed by atoms with E-state index in [-0.39, 0.29) is 11.7 Å². The zero-order chi connectivity index (χ0) is 18.1. The van der Waals surface area contributed by atoms with Crippen LogP contribution in [0.25, 0.3) is 17.7 Å². The van der Waals surface area contributed by atoms with Crippen molar-refractivity contribution >= 4 is 45.7 Å². The molecule has 3 aromatic rings. The second kappa shape index (κ2) is 6.61. The third-order valence-electron chi connectivity index (χ3n) is 4.11. The summed E-state index contributed by atoms with van der Waals surface area (Å²) in [7, 11) is 0. The number of aryl methyl sites for hydroxylation is 1. The van der Waals surface area contributed by atoms with E-state index in [4.69, 9.17) is 0 Å². The zero-order valence-corrected chi connectivity index (χ0v) is 14.9. The van der Waals surface area contributed by atoms with Gasteiger partial charge in [-0.05, 0) is 47.9 Å². The average Bonchev–Trinajstić information content (AvgIpc) is 2.96. The number of anilines is 2. The van der Waals surface area contributed by atoms with Crippen molar-refractivity contribution in [2.45, 2.75) is 6.92 Å². The smallest absolute Gasteiger partial charge is 0.231 e. The van der Waals surface area contributed by atoms with Gasteiger partial charge in [0.2, 0.25) is 5.88 Å². The maximum atomic E-state index is 12.3. The fourth-order valence-corrected chi connectivity index (χ4v) is 3.70. The van der Waals surface area contributed by atoms with Gasteiger partial charge in [0, 0.05) is 11.3 Å². The van der Waals surface area contributed by atoms with Gasteiger partial charge in [0.25, 0.3) is 0 Å². The van der Waals surface area contributed by atoms with Crippen LogP contribution in [0.4, 0.5) is 10.8 Å². The van der Waals surface area contributed by atoms with E-state index in [1.165, 1.54) is 11.3 Å². The number of carbonyl (C=O) groups excluding carboxylic acids is 1. The second-order valence-electron chi connectivity index (χ2n) is 6.04. The first kappa shape index (κ1) is 16.3. The highest BCUT2D eigenvalue weighted by Crippen LogP contribution is 2.35. The number of ketones is 1. The van der Waals surface area contributed by atoms with Gasteiger partial charge < -0.3 is 10.4 Å². The summed E-state index contributed by atoms with van der Waals surface area (Å²) in [6.07, 6.45) is 5.07. The van der Waals surface area contributed by atoms with Gasteiger partial charge in [-0.15, -0.1) is 0 Å². The molecule has 0 aliphatic heterocycles. The molecule has 1 aliphatic rings. The van der Waals surface area contributed by atoms with E-state index >= 15 is 0 Å². The first-order chi connectivity index (χ1) is 12.6. The minimum Gasteiger partial charge on any atom is -0.492 e. The molecule has 0 amide bonds. The molecular formula is C21H16N2O2S. The van der Waals surface area contributed by atoms with E-state index < -0.39 is 0 Å². The van der Waals surface area contributed by atoms with Crippen LogP contribution >= 0.6 is 11.3 Å². The van der Waals surface area contributed by atoms with Crippen molar-refractivity contribution in [1.29, 1.82) is 0 Å². The highest BCUT2D eigenvalue weighted by atomic mass is 32.1. The molecule has 4 nitrogen and oxygen atoms in total. The van der Waals surface area contributed by atoms with Crippen molar-refractivity contribution in [3.63, 3.8) is 0 Å². The third kappa shape index (κ3) is 3.17. The number of rotatable bonds is 3. The van der Waals surface area contributed by atoms with Crippen molar-refractivity contribution in [2.75, 3.05) is 5.32 Å². The van der Waals surface area contributed by atoms with Crippen LogP contribution in [0, 0.1) is 6.92 Å². The molecule has 0 radical (unpaired) electrons. The van der Waals surface area contributed by atoms with E-state index in [0.717, 1.165) is 22.4 Å². The molecule has 1 aromatic heterocycles. The molecule has 0 spiro atoms. The Morgan fingerprint density at radius 2 is 1.96 bits per heavy atom. The molecule has 128 valence electrons. The number of nitrogens with one attached hydrogen (secondary N) is 1. The quantitative estimate of drug-likeness (QED) is 0.643. The number of allylic oxidation sites excluding steroid dienone is 2. The summed E-state index contributed by atoms with van der Waals surface area (Å²) in [6.45, 7) is 2.01. The van der Waals surface area contributed by atoms with Crippen LogP contribution in [0.2, 0.25) is 0 Å². The van der Waals surface area contributed by atoms with Crippen LogP contribution < -0.4 is 5.32 Å². The number of fused-ring (bicyclic) bond motifs is 1. The summed E-state index contributed by atoms with van der Waals surface area (Å²) < 4.78 is 0. The average molecular weight is 360 g/mol. The molecule has 0 saturated heterocycles. The fourth-order valence-electron chi connectivity index (χ4n) is 2.87. The minimum atomic E-state index is -0.0857. The Morgan fingerprint density at radius 1 is 1.12 bits per heavy atom. The van der Waals surface area contributed by atoms with E-state index in [1.54, 1.807) is 12.2 Å². The summed E-state index contributed by atoms with van der Waals surface area (Å²) in [5.74, 6) is -0.165. The molecule has 0 fully saturated rings. The van der Waals surface area contributed by atoms with Gasteiger partial charge in [-0.2, -0.15) is 4.98 Å². The lowest BCUT2D eigenvalue weighted by Crippen LogP contribution is -2.04. The molecule has 0 unspecified atom stereocenters. The molecule has 0 bridgehead atoms. The van der Waals surface area contributed by atoms with Gasteiger partial charge in [-0.25, -0.2) is 0 Å². The Hall–Kier alpha value is -3.18. The Balaban J connectivity index is 1.69. The fraction of sp³-hybridized carbons (Fsp3) is 0.0476. The van der Waals surface area contributed by atoms with Gasteiger partial charge in [-0.3, -0.25) is 4.79 Å². The standard InChI is InChI=1S/C21H16N2O2S/c1-13-5-4-7-15(11-13)22-21-23-20(25)19(26-21)12-17-16-8-3-2-6-14(16)9-10-18(17)24/h2-12,25H,1H3,(H,22,23)/b17-12-. The van der Waals surface area contributed by atoms with Crippen molar-refractivity contribution in [3.8, 4) is 5.88 Å². The molecule has 1 heterocycles. The minimum absolute atomic E-state index is 0.0790. The van der Waals surface area contributed by atoms with Gasteiger partial charge in [0.15, 0.2) is 10.9 Å². The molecule has 26 heavy (non-hydrogen) atoms. The van der Waals surface area contributed by atoms with Gasteiger partial charge in [0.05, 0.1) is 4.88 Å². The summed E-state index contributed by atoms with van der Waals surface area (Å²) in [6, 6.07) is 15.6. The van der Waals surface area contributed by atoms with Gasteiger partial charge >= 0.3 is 0 Å². The normalized spacial score (nSPS) is 14.5. The van der Waals surface area contributed by atoms with Crippen LogP contribution in [0.15, 0.2) is 54.6 Å². The third-order valence-corrected chi connectivity index (χ3v) is 5.02. The number of carbonyl (C=O) groups is 1. The van der Waals surface area contributed by atoms with Gasteiger partial charge in [-0.1, -0.05) is 53.8 Å².